The van der Waals surface area contributed by atoms with Gasteiger partial charge in [0.15, 0.2) is 0 Å². The van der Waals surface area contributed by atoms with Crippen LogP contribution in [0.1, 0.15) is 285 Å². The number of aromatic nitrogens is 5. The third-order valence-corrected chi connectivity index (χ3v) is 27.5. The lowest BCUT2D eigenvalue weighted by molar-refractivity contribution is 0.545. The first-order valence-corrected chi connectivity index (χ1v) is 46.6. The number of hydrogen-bond acceptors (Lipinski definition) is 0. The fourth-order valence-electron chi connectivity index (χ4n) is 19.5. The van der Waals surface area contributed by atoms with Crippen molar-refractivity contribution in [1.29, 1.82) is 0 Å². The molecule has 16 aromatic carbocycles. The van der Waals surface area contributed by atoms with Gasteiger partial charge in [-0.1, -0.05) is 425 Å². The highest BCUT2D eigenvalue weighted by Gasteiger charge is 2.22. The monoisotopic (exact) mass is 1840 g/mol. The van der Waals surface area contributed by atoms with Crippen molar-refractivity contribution in [2.75, 3.05) is 0 Å². The van der Waals surface area contributed by atoms with E-state index in [9.17, 15) is 0 Å². The molecule has 0 aliphatic carbocycles. The fraction of sp³-hybridized carbons (Fsp3) is 0.293. The van der Waals surface area contributed by atoms with Crippen LogP contribution >= 0.6 is 0 Å². The van der Waals surface area contributed by atoms with E-state index in [1.165, 1.54) is 207 Å². The van der Waals surface area contributed by atoms with Gasteiger partial charge in [0, 0.05) is 118 Å². The molecular weight excluding hydrogens is 1670 g/mol. The summed E-state index contributed by atoms with van der Waals surface area (Å²) in [4.78, 5) is 0. The van der Waals surface area contributed by atoms with E-state index in [0.29, 0.717) is 35.5 Å². The summed E-state index contributed by atoms with van der Waals surface area (Å²) in [5.74, 6) is 3.53. The van der Waals surface area contributed by atoms with Gasteiger partial charge in [-0.25, -0.2) is 0 Å². The highest BCUT2D eigenvalue weighted by molar-refractivity contribution is 6.21. The van der Waals surface area contributed by atoms with Gasteiger partial charge in [0.1, 0.15) is 0 Å². The Balaban J connectivity index is 0.000000299. The molecule has 5 heteroatoms. The van der Waals surface area contributed by atoms with Gasteiger partial charge in [0.05, 0.1) is 22.1 Å². The van der Waals surface area contributed by atoms with Crippen LogP contribution in [0.5, 0.6) is 0 Å². The summed E-state index contributed by atoms with van der Waals surface area (Å²) < 4.78 is 12.1. The largest absolute Gasteiger partial charge is 0.341 e. The number of benzene rings is 16. The minimum Gasteiger partial charge on any atom is -0.341 e. The Hall–Kier alpha value is -13.2. The lowest BCUT2D eigenvalue weighted by atomic mass is 9.84. The van der Waals surface area contributed by atoms with E-state index in [0.717, 1.165) is 32.5 Å². The molecule has 0 saturated heterocycles. The molecule has 5 nitrogen and oxygen atoms in total. The Morgan fingerprint density at radius 1 is 0.203 bits per heavy atom. The lowest BCUT2D eigenvalue weighted by Crippen LogP contribution is -2.04. The Morgan fingerprint density at radius 2 is 0.529 bits per heavy atom. The van der Waals surface area contributed by atoms with Crippen molar-refractivity contribution in [3.05, 3.63) is 409 Å². The zero-order valence-corrected chi connectivity index (χ0v) is 75.8. The summed E-state index contributed by atoms with van der Waals surface area (Å²) in [6.45, 7) is 30.3. The average molecular weight is 1840 g/mol. The maximum Gasteiger partial charge on any atom is 0.0543 e. The number of fused-ring (bicyclic) bond motifs is 17. The van der Waals surface area contributed by atoms with Crippen molar-refractivity contribution in [3.8, 4) is 22.5 Å². The molecule has 0 bridgehead atoms. The Morgan fingerprint density at radius 3 is 1.05 bits per heavy atom. The molecule has 726 valence electrons. The van der Waals surface area contributed by atoms with Crippen LogP contribution in [0.4, 0.5) is 0 Å². The summed E-state index contributed by atoms with van der Waals surface area (Å²) in [7, 11) is 0. The number of rotatable bonds is 20. The number of para-hydroxylation sites is 5. The second kappa shape index (κ2) is 52.4. The van der Waals surface area contributed by atoms with Crippen LogP contribution in [0, 0.1) is 0 Å². The van der Waals surface area contributed by atoms with E-state index in [2.05, 4.69) is 476 Å². The van der Waals surface area contributed by atoms with E-state index in [1.807, 2.05) is 0 Å². The van der Waals surface area contributed by atoms with Crippen molar-refractivity contribution in [1.82, 2.24) is 22.8 Å². The minimum atomic E-state index is 0. The normalized spacial score (nSPS) is 11.9. The first-order valence-electron chi connectivity index (χ1n) is 46.6. The molecule has 0 radical (unpaired) electrons. The third-order valence-electron chi connectivity index (χ3n) is 27.5. The first-order chi connectivity index (χ1) is 61.8. The van der Waals surface area contributed by atoms with Gasteiger partial charge in [-0.2, -0.15) is 0 Å². The van der Waals surface area contributed by atoms with E-state index < -0.39 is 0 Å². The van der Waals surface area contributed by atoms with Crippen LogP contribution in [0.3, 0.4) is 0 Å². The summed E-state index contributed by atoms with van der Waals surface area (Å²) in [5.41, 5.74) is 28.1. The van der Waals surface area contributed by atoms with Gasteiger partial charge in [-0.3, -0.25) is 0 Å². The van der Waals surface area contributed by atoms with E-state index in [4.69, 9.17) is 0 Å². The molecule has 0 fully saturated rings. The zero-order chi connectivity index (χ0) is 86.9. The SMILES string of the molecule is C.C.C.C.C.C.C.C.C.C.C.C.CCC(C)c1ccc2c(c1)c1c3ccccc3ccc1n2CC.CCC(C)c1ccc2c(c1)c1ccccc1n2-c1ccc(-c2ccccc2)cc1.CCC(C)c1ccc2c3ccccc3n(-c3ccccc3)c2c1.CCC(C)c1ccc2c3ccccc3n(Cc3ccccc3)c2c1.CCC(CC(C)c1ccccc1)c1ccc2c(c1)c1ccccc1n2CC. The topological polar surface area (TPSA) is 24.6 Å². The van der Waals surface area contributed by atoms with Crippen LogP contribution in [-0.2, 0) is 19.6 Å². The van der Waals surface area contributed by atoms with Crippen molar-refractivity contribution in [3.63, 3.8) is 0 Å². The lowest BCUT2D eigenvalue weighted by Gasteiger charge is -2.21. The summed E-state index contributed by atoms with van der Waals surface area (Å²) >= 11 is 0. The Labute approximate surface area is 834 Å². The van der Waals surface area contributed by atoms with Gasteiger partial charge in [-0.05, 0) is 252 Å². The molecule has 6 unspecified atom stereocenters. The van der Waals surface area contributed by atoms with E-state index in [-0.39, 0.29) is 89.1 Å². The summed E-state index contributed by atoms with van der Waals surface area (Å²) in [5, 5.41) is 16.3. The molecule has 0 amide bonds. The van der Waals surface area contributed by atoms with Gasteiger partial charge < -0.3 is 22.8 Å². The quantitative estimate of drug-likeness (QED) is 0.0727. The Bertz CT molecular complexity index is 7300. The standard InChI is InChI=1S/C28H25N.C26H29N.C23H23N.C22H23N.C22H21N.12CH4/c1-3-20(2)23-15-18-28-26(19-23)25-11-7-8-12-27(25)29(28)24-16-13-22(14-17-24)21-9-5-4-6-10-21;1-4-20(17-19(3)21-11-7-6-8-12-21)22-15-16-26-24(18-22)23-13-9-10-14-25(23)27(26)5-2;1-3-17(2)19-13-14-21-20-11-7-8-12-22(20)24(23(21)15-19)16-18-9-5-4-6-10-18;1-4-15(3)17-11-12-20-19(14-17)22-18-9-7-6-8-16(18)10-13-21(22)23(20)5-2;1-3-16(2)17-13-14-20-19-11-7-8-12-21(19)23(22(20)15-17)18-9-5-4-6-10-18;;;;;;;;;;;;/h4-20H,3H2,1-2H3;6-16,18-20H,4-5,17H2,1-3H3;4-15,17H,3,16H2,1-2H3;6-15H,4-5H2,1-3H3;4-16H,3H2,1-2H3;12*1H4. The van der Waals surface area contributed by atoms with Crippen LogP contribution in [0.2, 0.25) is 0 Å². The molecule has 21 aromatic rings. The number of nitrogens with zero attached hydrogens (tertiary/aromatic N) is 5. The molecule has 0 spiro atoms. The van der Waals surface area contributed by atoms with Crippen LogP contribution in [0.25, 0.3) is 142 Å². The maximum absolute atomic E-state index is 2.46. The van der Waals surface area contributed by atoms with E-state index in [1.54, 1.807) is 0 Å². The molecule has 138 heavy (non-hydrogen) atoms. The van der Waals surface area contributed by atoms with Gasteiger partial charge in [0.2, 0.25) is 0 Å². The molecule has 0 aliphatic rings. The Kier molecular flexibility index (Phi) is 43.7. The van der Waals surface area contributed by atoms with Gasteiger partial charge in [-0.15, -0.1) is 0 Å². The van der Waals surface area contributed by atoms with Crippen LogP contribution in [-0.4, -0.2) is 22.8 Å². The summed E-state index contributed by atoms with van der Waals surface area (Å²) in [6, 6.07) is 135. The van der Waals surface area contributed by atoms with Crippen LogP contribution < -0.4 is 0 Å². The zero-order valence-electron chi connectivity index (χ0n) is 75.8. The predicted molar refractivity (Wildman–Crippen MR) is 628 cm³/mol. The molecule has 6 atom stereocenters. The molecule has 21 rings (SSSR count). The second-order valence-corrected chi connectivity index (χ2v) is 35.0. The molecule has 5 aromatic heterocycles. The molecular formula is C133H169N5. The average Bonchev–Trinajstić information content (AvgIpc) is 1.60. The van der Waals surface area contributed by atoms with Crippen LogP contribution in [0.15, 0.2) is 370 Å². The fourth-order valence-corrected chi connectivity index (χ4v) is 19.5. The highest BCUT2D eigenvalue weighted by atomic mass is 15.0. The van der Waals surface area contributed by atoms with Gasteiger partial charge >= 0.3 is 0 Å². The molecule has 0 saturated carbocycles. The maximum atomic E-state index is 2.46. The molecule has 0 aliphatic heterocycles. The summed E-state index contributed by atoms with van der Waals surface area (Å²) in [6.07, 6.45) is 7.04. The molecule has 5 heterocycles. The van der Waals surface area contributed by atoms with E-state index >= 15 is 0 Å². The minimum absolute atomic E-state index is 0. The number of hydrogen-bond donors (Lipinski definition) is 0. The van der Waals surface area contributed by atoms with Crippen molar-refractivity contribution in [2.45, 2.75) is 266 Å². The third kappa shape index (κ3) is 23.3. The van der Waals surface area contributed by atoms with Crippen molar-refractivity contribution >= 4 is 120 Å². The smallest absolute Gasteiger partial charge is 0.0543 e. The van der Waals surface area contributed by atoms with Crippen molar-refractivity contribution in [2.24, 2.45) is 0 Å². The highest BCUT2D eigenvalue weighted by Crippen LogP contribution is 2.43. The molecule has 0 N–H and O–H groups in total. The number of aryl methyl sites for hydroxylation is 2. The second-order valence-electron chi connectivity index (χ2n) is 35.0. The van der Waals surface area contributed by atoms with Gasteiger partial charge in [0.25, 0.3) is 0 Å². The van der Waals surface area contributed by atoms with Crippen molar-refractivity contribution < 1.29 is 0 Å². The predicted octanol–water partition coefficient (Wildman–Crippen LogP) is 42.2. The first kappa shape index (κ1) is 115.